The fourth-order valence-electron chi connectivity index (χ4n) is 2.19. The first-order valence-corrected chi connectivity index (χ1v) is 7.11. The summed E-state index contributed by atoms with van der Waals surface area (Å²) in [6.45, 7) is 9.63. The molecule has 0 unspecified atom stereocenters. The van der Waals surface area contributed by atoms with Crippen LogP contribution in [0.2, 0.25) is 0 Å². The standard InChI is InChI=1S/C16H27N3O/c1-11(2)10-19(12(3)4)15-8-7-13(9-14(15)17)16(20)18(5)6/h7-9,11-12H,10,17H2,1-6H3. The van der Waals surface area contributed by atoms with E-state index in [0.717, 1.165) is 12.2 Å². The first kappa shape index (κ1) is 16.3. The molecule has 1 aromatic carbocycles. The third kappa shape index (κ3) is 3.89. The second-order valence-electron chi connectivity index (χ2n) is 6.11. The van der Waals surface area contributed by atoms with E-state index in [1.54, 1.807) is 25.1 Å². The number of hydrogen-bond acceptors (Lipinski definition) is 3. The molecule has 2 N–H and O–H groups in total. The zero-order valence-electron chi connectivity index (χ0n) is 13.5. The third-order valence-electron chi connectivity index (χ3n) is 3.18. The van der Waals surface area contributed by atoms with Crippen LogP contribution >= 0.6 is 0 Å². The van der Waals surface area contributed by atoms with Crippen LogP contribution in [0.5, 0.6) is 0 Å². The van der Waals surface area contributed by atoms with E-state index in [4.69, 9.17) is 5.73 Å². The summed E-state index contributed by atoms with van der Waals surface area (Å²) < 4.78 is 0. The maximum absolute atomic E-state index is 11.9. The zero-order valence-corrected chi connectivity index (χ0v) is 13.5. The van der Waals surface area contributed by atoms with Gasteiger partial charge in [0.05, 0.1) is 11.4 Å². The molecule has 20 heavy (non-hydrogen) atoms. The summed E-state index contributed by atoms with van der Waals surface area (Å²) in [5, 5.41) is 0. The normalized spacial score (nSPS) is 11.0. The van der Waals surface area contributed by atoms with E-state index < -0.39 is 0 Å². The van der Waals surface area contributed by atoms with E-state index in [0.29, 0.717) is 23.2 Å². The Morgan fingerprint density at radius 2 is 1.80 bits per heavy atom. The Morgan fingerprint density at radius 1 is 1.20 bits per heavy atom. The van der Waals surface area contributed by atoms with Crippen molar-refractivity contribution in [3.8, 4) is 0 Å². The molecule has 1 aromatic rings. The molecule has 0 aromatic heterocycles. The molecule has 0 saturated carbocycles. The lowest BCUT2D eigenvalue weighted by Gasteiger charge is -2.32. The largest absolute Gasteiger partial charge is 0.397 e. The first-order chi connectivity index (χ1) is 9.23. The van der Waals surface area contributed by atoms with Gasteiger partial charge in [-0.2, -0.15) is 0 Å². The predicted octanol–water partition coefficient (Wildman–Crippen LogP) is 2.84. The van der Waals surface area contributed by atoms with Gasteiger partial charge >= 0.3 is 0 Å². The van der Waals surface area contributed by atoms with E-state index in [9.17, 15) is 4.79 Å². The molecular formula is C16H27N3O. The van der Waals surface area contributed by atoms with Gasteiger partial charge in [0.1, 0.15) is 0 Å². The number of hydrogen-bond donors (Lipinski definition) is 1. The van der Waals surface area contributed by atoms with Crippen molar-refractivity contribution in [3.63, 3.8) is 0 Å². The summed E-state index contributed by atoms with van der Waals surface area (Å²) in [5.74, 6) is 0.531. The lowest BCUT2D eigenvalue weighted by atomic mass is 10.1. The number of nitrogens with zero attached hydrogens (tertiary/aromatic N) is 2. The number of rotatable bonds is 5. The Kier molecular flexibility index (Phi) is 5.43. The SMILES string of the molecule is CC(C)CN(c1ccc(C(=O)N(C)C)cc1N)C(C)C. The third-order valence-corrected chi connectivity index (χ3v) is 3.18. The van der Waals surface area contributed by atoms with Gasteiger partial charge in [-0.1, -0.05) is 13.8 Å². The molecule has 0 radical (unpaired) electrons. The van der Waals surface area contributed by atoms with E-state index in [2.05, 4.69) is 32.6 Å². The van der Waals surface area contributed by atoms with E-state index in [-0.39, 0.29) is 5.91 Å². The maximum Gasteiger partial charge on any atom is 0.253 e. The highest BCUT2D eigenvalue weighted by Gasteiger charge is 2.17. The number of benzene rings is 1. The van der Waals surface area contributed by atoms with Gasteiger partial charge in [-0.25, -0.2) is 0 Å². The van der Waals surface area contributed by atoms with Crippen LogP contribution in [0.15, 0.2) is 18.2 Å². The number of amides is 1. The second-order valence-corrected chi connectivity index (χ2v) is 6.11. The molecule has 0 bridgehead atoms. The average molecular weight is 277 g/mol. The van der Waals surface area contributed by atoms with Gasteiger partial charge in [0.15, 0.2) is 0 Å². The lowest BCUT2D eigenvalue weighted by molar-refractivity contribution is 0.0827. The molecule has 0 spiro atoms. The van der Waals surface area contributed by atoms with Gasteiger partial charge in [0.25, 0.3) is 5.91 Å². The highest BCUT2D eigenvalue weighted by Crippen LogP contribution is 2.27. The summed E-state index contributed by atoms with van der Waals surface area (Å²) in [7, 11) is 3.48. The van der Waals surface area contributed by atoms with Crippen LogP contribution in [-0.4, -0.2) is 37.5 Å². The summed E-state index contributed by atoms with van der Waals surface area (Å²) >= 11 is 0. The van der Waals surface area contributed by atoms with Crippen molar-refractivity contribution < 1.29 is 4.79 Å². The molecule has 0 aliphatic carbocycles. The molecule has 0 aliphatic rings. The van der Waals surface area contributed by atoms with Gasteiger partial charge in [0.2, 0.25) is 0 Å². The predicted molar refractivity (Wildman–Crippen MR) is 86.2 cm³/mol. The Morgan fingerprint density at radius 3 is 2.20 bits per heavy atom. The van der Waals surface area contributed by atoms with Crippen LogP contribution in [0.4, 0.5) is 11.4 Å². The number of carbonyl (C=O) groups is 1. The number of anilines is 2. The van der Waals surface area contributed by atoms with Crippen LogP contribution < -0.4 is 10.6 Å². The number of carbonyl (C=O) groups excluding carboxylic acids is 1. The highest BCUT2D eigenvalue weighted by molar-refractivity contribution is 5.95. The molecular weight excluding hydrogens is 250 g/mol. The first-order valence-electron chi connectivity index (χ1n) is 7.11. The topological polar surface area (TPSA) is 49.6 Å². The van der Waals surface area contributed by atoms with Gasteiger partial charge in [-0.05, 0) is 38.0 Å². The fourth-order valence-corrected chi connectivity index (χ4v) is 2.19. The quantitative estimate of drug-likeness (QED) is 0.842. The van der Waals surface area contributed by atoms with Gasteiger partial charge in [-0.3, -0.25) is 4.79 Å². The minimum absolute atomic E-state index is 0.0248. The Labute approximate surface area is 122 Å². The van der Waals surface area contributed by atoms with E-state index in [1.807, 2.05) is 12.1 Å². The molecule has 4 heteroatoms. The van der Waals surface area contributed by atoms with E-state index in [1.165, 1.54) is 0 Å². The molecule has 112 valence electrons. The Bertz CT molecular complexity index is 467. The molecule has 0 aliphatic heterocycles. The number of nitrogens with two attached hydrogens (primary N) is 1. The van der Waals surface area contributed by atoms with Crippen molar-refractivity contribution >= 4 is 17.3 Å². The van der Waals surface area contributed by atoms with Crippen molar-refractivity contribution in [2.75, 3.05) is 31.3 Å². The van der Waals surface area contributed by atoms with E-state index >= 15 is 0 Å². The summed E-state index contributed by atoms with van der Waals surface area (Å²) in [6, 6.07) is 5.95. The van der Waals surface area contributed by atoms with Crippen molar-refractivity contribution in [2.45, 2.75) is 33.7 Å². The minimum atomic E-state index is -0.0248. The van der Waals surface area contributed by atoms with Crippen LogP contribution in [0, 0.1) is 5.92 Å². The van der Waals surface area contributed by atoms with Crippen molar-refractivity contribution in [2.24, 2.45) is 5.92 Å². The van der Waals surface area contributed by atoms with Crippen LogP contribution in [0.3, 0.4) is 0 Å². The monoisotopic (exact) mass is 277 g/mol. The maximum atomic E-state index is 11.9. The minimum Gasteiger partial charge on any atom is -0.397 e. The summed E-state index contributed by atoms with van der Waals surface area (Å²) in [4.78, 5) is 15.8. The molecule has 1 amide bonds. The second kappa shape index (κ2) is 6.64. The van der Waals surface area contributed by atoms with Crippen molar-refractivity contribution in [3.05, 3.63) is 23.8 Å². The average Bonchev–Trinajstić information content (AvgIpc) is 2.34. The molecule has 1 rings (SSSR count). The lowest BCUT2D eigenvalue weighted by Crippen LogP contribution is -2.34. The molecule has 0 heterocycles. The van der Waals surface area contributed by atoms with Crippen molar-refractivity contribution in [1.82, 2.24) is 4.90 Å². The van der Waals surface area contributed by atoms with Gasteiger partial charge in [-0.15, -0.1) is 0 Å². The van der Waals surface area contributed by atoms with Crippen LogP contribution in [-0.2, 0) is 0 Å². The summed E-state index contributed by atoms with van der Waals surface area (Å²) in [6.07, 6.45) is 0. The highest BCUT2D eigenvalue weighted by atomic mass is 16.2. The smallest absolute Gasteiger partial charge is 0.253 e. The Balaban J connectivity index is 3.10. The van der Waals surface area contributed by atoms with Gasteiger partial charge in [0, 0.05) is 32.2 Å². The summed E-state index contributed by atoms with van der Waals surface area (Å²) in [5.41, 5.74) is 8.45. The fraction of sp³-hybridized carbons (Fsp3) is 0.562. The van der Waals surface area contributed by atoms with Gasteiger partial charge < -0.3 is 15.5 Å². The number of nitrogen functional groups attached to an aromatic ring is 1. The molecule has 0 atom stereocenters. The molecule has 0 fully saturated rings. The molecule has 0 saturated heterocycles. The Hall–Kier alpha value is -1.71. The molecule has 4 nitrogen and oxygen atoms in total. The van der Waals surface area contributed by atoms with Crippen LogP contribution in [0.25, 0.3) is 0 Å². The van der Waals surface area contributed by atoms with Crippen molar-refractivity contribution in [1.29, 1.82) is 0 Å². The zero-order chi connectivity index (χ0) is 15.4. The van der Waals surface area contributed by atoms with Crippen LogP contribution in [0.1, 0.15) is 38.1 Å².